The largest absolute Gasteiger partial charge is 0.481 e. The molecule has 0 saturated carbocycles. The normalized spacial score (nSPS) is 13.7. The van der Waals surface area contributed by atoms with Crippen molar-refractivity contribution in [3.8, 4) is 5.75 Å². The maximum Gasteiger partial charge on any atom is 0.260 e. The van der Waals surface area contributed by atoms with Gasteiger partial charge < -0.3 is 15.8 Å². The molecule has 2 atom stereocenters. The molecule has 0 spiro atoms. The molecule has 0 aliphatic heterocycles. The number of carbonyl (C=O) groups excluding carboxylic acids is 1. The van der Waals surface area contributed by atoms with E-state index in [0.717, 1.165) is 12.0 Å². The summed E-state index contributed by atoms with van der Waals surface area (Å²) in [4.78, 5) is 11.8. The van der Waals surface area contributed by atoms with E-state index in [0.29, 0.717) is 17.3 Å². The highest BCUT2D eigenvalue weighted by Crippen LogP contribution is 2.28. The van der Waals surface area contributed by atoms with Gasteiger partial charge in [-0.15, -0.1) is 0 Å². The monoisotopic (exact) mass is 284 g/mol. The van der Waals surface area contributed by atoms with Crippen LogP contribution in [-0.2, 0) is 4.79 Å². The molecule has 0 heterocycles. The minimum Gasteiger partial charge on any atom is -0.481 e. The first-order valence-corrected chi connectivity index (χ1v) is 6.82. The van der Waals surface area contributed by atoms with Crippen molar-refractivity contribution in [2.24, 2.45) is 5.73 Å². The van der Waals surface area contributed by atoms with Crippen molar-refractivity contribution in [3.63, 3.8) is 0 Å². The van der Waals surface area contributed by atoms with E-state index in [9.17, 15) is 4.79 Å². The van der Waals surface area contributed by atoms with Gasteiger partial charge in [0.15, 0.2) is 6.10 Å². The highest BCUT2D eigenvalue weighted by molar-refractivity contribution is 6.30. The molecule has 1 amide bonds. The Kier molecular flexibility index (Phi) is 6.12. The zero-order valence-electron chi connectivity index (χ0n) is 11.6. The van der Waals surface area contributed by atoms with Gasteiger partial charge in [0.2, 0.25) is 0 Å². The molecule has 1 aromatic rings. The first-order valence-electron chi connectivity index (χ1n) is 6.45. The number of carbonyl (C=O) groups is 1. The molecule has 0 aromatic heterocycles. The molecular weight excluding hydrogens is 264 g/mol. The summed E-state index contributed by atoms with van der Waals surface area (Å²) in [7, 11) is 0. The molecule has 19 heavy (non-hydrogen) atoms. The van der Waals surface area contributed by atoms with E-state index in [1.165, 1.54) is 0 Å². The number of nitrogens with two attached hydrogens (primary N) is 1. The van der Waals surface area contributed by atoms with Gasteiger partial charge in [-0.2, -0.15) is 0 Å². The first-order chi connectivity index (χ1) is 8.95. The van der Waals surface area contributed by atoms with Gasteiger partial charge in [-0.3, -0.25) is 4.79 Å². The van der Waals surface area contributed by atoms with E-state index in [-0.39, 0.29) is 11.9 Å². The zero-order valence-corrected chi connectivity index (χ0v) is 12.3. The predicted molar refractivity (Wildman–Crippen MR) is 77.4 cm³/mol. The van der Waals surface area contributed by atoms with Crippen molar-refractivity contribution in [2.45, 2.75) is 39.3 Å². The summed E-state index contributed by atoms with van der Waals surface area (Å²) >= 11 is 5.94. The number of hydrogen-bond donors (Lipinski definition) is 2. The van der Waals surface area contributed by atoms with Gasteiger partial charge in [-0.25, -0.2) is 0 Å². The SMILES string of the molecule is CCCNC(=O)C(C)Oc1ccc(Cl)cc1[C@@H](C)N. The lowest BCUT2D eigenvalue weighted by Gasteiger charge is -2.18. The van der Waals surface area contributed by atoms with Crippen LogP contribution >= 0.6 is 11.6 Å². The van der Waals surface area contributed by atoms with Crippen molar-refractivity contribution < 1.29 is 9.53 Å². The highest BCUT2D eigenvalue weighted by atomic mass is 35.5. The zero-order chi connectivity index (χ0) is 14.4. The Morgan fingerprint density at radius 2 is 2.16 bits per heavy atom. The van der Waals surface area contributed by atoms with Crippen LogP contribution < -0.4 is 15.8 Å². The lowest BCUT2D eigenvalue weighted by atomic mass is 10.1. The fraction of sp³-hybridized carbons (Fsp3) is 0.500. The van der Waals surface area contributed by atoms with Gasteiger partial charge in [0.1, 0.15) is 5.75 Å². The molecular formula is C14H21ClN2O2. The lowest BCUT2D eigenvalue weighted by molar-refractivity contribution is -0.127. The maximum atomic E-state index is 11.8. The van der Waals surface area contributed by atoms with Crippen LogP contribution in [0.4, 0.5) is 0 Å². The molecule has 1 unspecified atom stereocenters. The molecule has 0 radical (unpaired) electrons. The summed E-state index contributed by atoms with van der Waals surface area (Å²) in [6.45, 7) is 6.21. The maximum absolute atomic E-state index is 11.8. The molecule has 1 rings (SSSR count). The Hall–Kier alpha value is -1.26. The van der Waals surface area contributed by atoms with Crippen molar-refractivity contribution in [1.29, 1.82) is 0 Å². The third-order valence-electron chi connectivity index (χ3n) is 2.68. The van der Waals surface area contributed by atoms with Gasteiger partial charge >= 0.3 is 0 Å². The van der Waals surface area contributed by atoms with Crippen LogP contribution in [0.2, 0.25) is 5.02 Å². The Labute approximate surface area is 119 Å². The second-order valence-electron chi connectivity index (χ2n) is 4.52. The van der Waals surface area contributed by atoms with Crippen LogP contribution in [-0.4, -0.2) is 18.6 Å². The standard InChI is InChI=1S/C14H21ClN2O2/c1-4-7-17-14(18)10(3)19-13-6-5-11(15)8-12(13)9(2)16/h5-6,8-10H,4,7,16H2,1-3H3,(H,17,18)/t9-,10?/m1/s1. The minimum absolute atomic E-state index is 0.132. The third kappa shape index (κ3) is 4.73. The quantitative estimate of drug-likeness (QED) is 0.844. The molecule has 3 N–H and O–H groups in total. The summed E-state index contributed by atoms with van der Waals surface area (Å²) < 4.78 is 5.67. The van der Waals surface area contributed by atoms with Crippen LogP contribution in [0.1, 0.15) is 38.8 Å². The van der Waals surface area contributed by atoms with E-state index in [1.54, 1.807) is 25.1 Å². The Morgan fingerprint density at radius 3 is 2.74 bits per heavy atom. The van der Waals surface area contributed by atoms with Crippen LogP contribution in [0, 0.1) is 0 Å². The average molecular weight is 285 g/mol. The Bertz CT molecular complexity index is 435. The predicted octanol–water partition coefficient (Wildman–Crippen LogP) is 2.65. The number of rotatable bonds is 6. The number of halogens is 1. The second kappa shape index (κ2) is 7.36. The summed E-state index contributed by atoms with van der Waals surface area (Å²) in [5.41, 5.74) is 6.67. The Morgan fingerprint density at radius 1 is 1.47 bits per heavy atom. The number of benzene rings is 1. The summed E-state index contributed by atoms with van der Waals surface area (Å²) in [6.07, 6.45) is 0.329. The van der Waals surface area contributed by atoms with E-state index in [2.05, 4.69) is 5.32 Å². The number of ether oxygens (including phenoxy) is 1. The van der Waals surface area contributed by atoms with Gasteiger partial charge in [0, 0.05) is 23.2 Å². The summed E-state index contributed by atoms with van der Waals surface area (Å²) in [5, 5.41) is 3.39. The molecule has 5 heteroatoms. The fourth-order valence-electron chi connectivity index (χ4n) is 1.62. The molecule has 0 fully saturated rings. The number of amides is 1. The molecule has 0 saturated heterocycles. The molecule has 106 valence electrons. The van der Waals surface area contributed by atoms with Crippen molar-refractivity contribution in [3.05, 3.63) is 28.8 Å². The second-order valence-corrected chi connectivity index (χ2v) is 4.96. The van der Waals surface area contributed by atoms with Crippen molar-refractivity contribution in [2.75, 3.05) is 6.54 Å². The highest BCUT2D eigenvalue weighted by Gasteiger charge is 2.17. The van der Waals surface area contributed by atoms with Crippen LogP contribution in [0.3, 0.4) is 0 Å². The molecule has 1 aromatic carbocycles. The lowest BCUT2D eigenvalue weighted by Crippen LogP contribution is -2.36. The van der Waals surface area contributed by atoms with E-state index >= 15 is 0 Å². The van der Waals surface area contributed by atoms with Gasteiger partial charge in [-0.05, 0) is 38.5 Å². The number of hydrogen-bond acceptors (Lipinski definition) is 3. The molecule has 4 nitrogen and oxygen atoms in total. The number of nitrogens with one attached hydrogen (secondary N) is 1. The van der Waals surface area contributed by atoms with Gasteiger partial charge in [0.05, 0.1) is 0 Å². The molecule has 0 aliphatic carbocycles. The van der Waals surface area contributed by atoms with Crippen molar-refractivity contribution in [1.82, 2.24) is 5.32 Å². The third-order valence-corrected chi connectivity index (χ3v) is 2.92. The van der Waals surface area contributed by atoms with Crippen LogP contribution in [0.5, 0.6) is 5.75 Å². The van der Waals surface area contributed by atoms with Gasteiger partial charge in [-0.1, -0.05) is 18.5 Å². The summed E-state index contributed by atoms with van der Waals surface area (Å²) in [5.74, 6) is 0.464. The average Bonchev–Trinajstić information content (AvgIpc) is 2.37. The van der Waals surface area contributed by atoms with E-state index in [1.807, 2.05) is 13.8 Å². The molecule has 0 bridgehead atoms. The Balaban J connectivity index is 2.78. The van der Waals surface area contributed by atoms with Crippen LogP contribution in [0.25, 0.3) is 0 Å². The van der Waals surface area contributed by atoms with Gasteiger partial charge in [0.25, 0.3) is 5.91 Å². The molecule has 0 aliphatic rings. The van der Waals surface area contributed by atoms with E-state index in [4.69, 9.17) is 22.1 Å². The van der Waals surface area contributed by atoms with Crippen molar-refractivity contribution >= 4 is 17.5 Å². The summed E-state index contributed by atoms with van der Waals surface area (Å²) in [6, 6.07) is 5.02. The fourth-order valence-corrected chi connectivity index (χ4v) is 1.80. The smallest absolute Gasteiger partial charge is 0.260 e. The topological polar surface area (TPSA) is 64.3 Å². The minimum atomic E-state index is -0.565. The first kappa shape index (κ1) is 15.8. The van der Waals surface area contributed by atoms with Crippen LogP contribution in [0.15, 0.2) is 18.2 Å². The van der Waals surface area contributed by atoms with E-state index < -0.39 is 6.10 Å².